The molecule has 26 heavy (non-hydrogen) atoms. The molecule has 10 heteroatoms. The maximum atomic E-state index is 12.5. The Morgan fingerprint density at radius 1 is 1.27 bits per heavy atom. The summed E-state index contributed by atoms with van der Waals surface area (Å²) in [6.45, 7) is 4.14. The molecule has 0 saturated carbocycles. The molecule has 2 N–H and O–H groups in total. The van der Waals surface area contributed by atoms with Crippen molar-refractivity contribution in [3.63, 3.8) is 0 Å². The molecule has 0 aliphatic carbocycles. The number of aromatic nitrogens is 3. The number of guanidine groups is 1. The van der Waals surface area contributed by atoms with E-state index in [1.54, 1.807) is 13.2 Å². The van der Waals surface area contributed by atoms with E-state index in [1.165, 1.54) is 0 Å². The Morgan fingerprint density at radius 3 is 2.65 bits per heavy atom. The number of halogens is 3. The third-order valence-corrected chi connectivity index (χ3v) is 4.65. The molecule has 2 heterocycles. The Bertz CT molecular complexity index is 707. The largest absolute Gasteiger partial charge is 0.434 e. The molecule has 0 saturated heterocycles. The number of imidazole rings is 1. The zero-order valence-electron chi connectivity index (χ0n) is 14.8. The van der Waals surface area contributed by atoms with Crippen LogP contribution in [0, 0.1) is 6.92 Å². The molecule has 0 fully saturated rings. The van der Waals surface area contributed by atoms with Crippen LogP contribution in [0.25, 0.3) is 0 Å². The summed E-state index contributed by atoms with van der Waals surface area (Å²) in [4.78, 5) is 11.9. The van der Waals surface area contributed by atoms with Gasteiger partial charge >= 0.3 is 6.18 Å². The molecule has 0 radical (unpaired) electrons. The zero-order valence-corrected chi connectivity index (χ0v) is 15.6. The third kappa shape index (κ3) is 6.32. The van der Waals surface area contributed by atoms with Crippen LogP contribution in [0.1, 0.15) is 29.4 Å². The van der Waals surface area contributed by atoms with Crippen LogP contribution in [0.4, 0.5) is 13.2 Å². The van der Waals surface area contributed by atoms with E-state index in [9.17, 15) is 13.2 Å². The Balaban J connectivity index is 1.62. The molecule has 0 atom stereocenters. The Kier molecular flexibility index (Phi) is 7.43. The fraction of sp³-hybridized carbons (Fsp3) is 0.562. The van der Waals surface area contributed by atoms with Crippen LogP contribution in [-0.4, -0.2) is 40.6 Å². The van der Waals surface area contributed by atoms with Gasteiger partial charge in [-0.3, -0.25) is 4.99 Å². The van der Waals surface area contributed by atoms with Gasteiger partial charge in [-0.15, -0.1) is 11.3 Å². The summed E-state index contributed by atoms with van der Waals surface area (Å²) in [6, 6.07) is 0. The van der Waals surface area contributed by atoms with Crippen LogP contribution >= 0.6 is 11.3 Å². The van der Waals surface area contributed by atoms with Crippen LogP contribution in [0.15, 0.2) is 22.8 Å². The highest BCUT2D eigenvalue weighted by Crippen LogP contribution is 2.29. The van der Waals surface area contributed by atoms with Crippen LogP contribution < -0.4 is 10.6 Å². The van der Waals surface area contributed by atoms with Crippen molar-refractivity contribution in [2.75, 3.05) is 20.1 Å². The minimum atomic E-state index is -4.38. The third-order valence-electron chi connectivity index (χ3n) is 3.74. The zero-order chi connectivity index (χ0) is 19.0. The monoisotopic (exact) mass is 388 g/mol. The quantitative estimate of drug-likeness (QED) is 0.415. The molecule has 2 aromatic heterocycles. The van der Waals surface area contributed by atoms with Gasteiger partial charge in [0.25, 0.3) is 0 Å². The molecule has 0 aliphatic rings. The van der Waals surface area contributed by atoms with Gasteiger partial charge in [0, 0.05) is 50.9 Å². The minimum absolute atomic E-state index is 0.418. The number of unbranched alkanes of at least 4 members (excludes halogenated alkanes) is 1. The Labute approximate surface area is 154 Å². The first kappa shape index (κ1) is 20.2. The van der Waals surface area contributed by atoms with Gasteiger partial charge in [-0.2, -0.15) is 13.2 Å². The topological polar surface area (TPSA) is 67.1 Å². The molecular formula is C16H23F3N6S. The van der Waals surface area contributed by atoms with E-state index in [2.05, 4.69) is 30.2 Å². The predicted molar refractivity (Wildman–Crippen MR) is 96.4 cm³/mol. The molecule has 0 aliphatic heterocycles. The number of rotatable bonds is 8. The number of aryl methyl sites for hydroxylation is 2. The van der Waals surface area contributed by atoms with Crippen molar-refractivity contribution >= 4 is 17.3 Å². The van der Waals surface area contributed by atoms with E-state index in [0.717, 1.165) is 48.5 Å². The van der Waals surface area contributed by atoms with Crippen molar-refractivity contribution in [2.24, 2.45) is 4.99 Å². The molecule has 6 nitrogen and oxygen atoms in total. The SMILES string of the molecule is CN=C(NCCCCn1ccnc1C)NCCc1nc(C(F)(F)F)cs1. The summed E-state index contributed by atoms with van der Waals surface area (Å²) in [5.74, 6) is 1.64. The smallest absolute Gasteiger partial charge is 0.356 e. The number of nitrogens with one attached hydrogen (secondary N) is 2. The second-order valence-electron chi connectivity index (χ2n) is 5.67. The molecule has 0 bridgehead atoms. The Morgan fingerprint density at radius 2 is 2.04 bits per heavy atom. The van der Waals surface area contributed by atoms with Gasteiger partial charge in [0.2, 0.25) is 0 Å². The molecule has 2 rings (SSSR count). The van der Waals surface area contributed by atoms with Crippen molar-refractivity contribution < 1.29 is 13.2 Å². The lowest BCUT2D eigenvalue weighted by atomic mass is 10.3. The maximum Gasteiger partial charge on any atom is 0.434 e. The van der Waals surface area contributed by atoms with E-state index in [-0.39, 0.29) is 0 Å². The summed E-state index contributed by atoms with van der Waals surface area (Å²) in [5.41, 5.74) is -0.826. The highest BCUT2D eigenvalue weighted by molar-refractivity contribution is 7.09. The van der Waals surface area contributed by atoms with E-state index in [4.69, 9.17) is 0 Å². The summed E-state index contributed by atoms with van der Waals surface area (Å²) in [6.07, 6.45) is 1.78. The fourth-order valence-corrected chi connectivity index (χ4v) is 3.12. The molecule has 0 amide bonds. The fourth-order valence-electron chi connectivity index (χ4n) is 2.32. The average molecular weight is 388 g/mol. The molecule has 2 aromatic rings. The second kappa shape index (κ2) is 9.56. The van der Waals surface area contributed by atoms with Crippen LogP contribution in [0.2, 0.25) is 0 Å². The van der Waals surface area contributed by atoms with E-state index < -0.39 is 11.9 Å². The lowest BCUT2D eigenvalue weighted by molar-refractivity contribution is -0.140. The van der Waals surface area contributed by atoms with Gasteiger partial charge in [0.05, 0.1) is 5.01 Å². The van der Waals surface area contributed by atoms with Crippen LogP contribution in [0.5, 0.6) is 0 Å². The van der Waals surface area contributed by atoms with Crippen molar-refractivity contribution in [2.45, 2.75) is 38.9 Å². The van der Waals surface area contributed by atoms with Crippen molar-refractivity contribution in [3.8, 4) is 0 Å². The molecule has 0 spiro atoms. The van der Waals surface area contributed by atoms with E-state index in [0.29, 0.717) is 23.9 Å². The maximum absolute atomic E-state index is 12.5. The second-order valence-corrected chi connectivity index (χ2v) is 6.62. The standard InChI is InChI=1S/C16H23F3N6S/c1-12-21-8-10-25(12)9-4-3-6-22-15(20-2)23-7-5-14-24-13(11-26-14)16(17,18)19/h8,10-11H,3-7,9H2,1-2H3,(H2,20,22,23). The summed E-state index contributed by atoms with van der Waals surface area (Å²) in [7, 11) is 1.66. The lowest BCUT2D eigenvalue weighted by Gasteiger charge is -2.11. The lowest BCUT2D eigenvalue weighted by Crippen LogP contribution is -2.38. The normalized spacial score (nSPS) is 12.4. The summed E-state index contributed by atoms with van der Waals surface area (Å²) >= 11 is 1.02. The van der Waals surface area contributed by atoms with E-state index in [1.807, 2.05) is 13.1 Å². The first-order valence-corrected chi connectivity index (χ1v) is 9.22. The number of aliphatic imine (C=N–C) groups is 1. The number of nitrogens with zero attached hydrogens (tertiary/aromatic N) is 4. The van der Waals surface area contributed by atoms with Gasteiger partial charge < -0.3 is 15.2 Å². The van der Waals surface area contributed by atoms with Crippen LogP contribution in [0.3, 0.4) is 0 Å². The molecule has 144 valence electrons. The molecule has 0 unspecified atom stereocenters. The number of hydrogen-bond acceptors (Lipinski definition) is 4. The first-order chi connectivity index (χ1) is 12.4. The first-order valence-electron chi connectivity index (χ1n) is 8.34. The minimum Gasteiger partial charge on any atom is -0.356 e. The van der Waals surface area contributed by atoms with Crippen molar-refractivity contribution in [3.05, 3.63) is 34.3 Å². The van der Waals surface area contributed by atoms with E-state index >= 15 is 0 Å². The van der Waals surface area contributed by atoms with Crippen molar-refractivity contribution in [1.29, 1.82) is 0 Å². The van der Waals surface area contributed by atoms with Gasteiger partial charge in [-0.05, 0) is 19.8 Å². The average Bonchev–Trinajstić information content (AvgIpc) is 3.22. The predicted octanol–water partition coefficient (Wildman–Crippen LogP) is 2.85. The van der Waals surface area contributed by atoms with Gasteiger partial charge in [-0.25, -0.2) is 9.97 Å². The van der Waals surface area contributed by atoms with Crippen LogP contribution in [-0.2, 0) is 19.1 Å². The highest BCUT2D eigenvalue weighted by atomic mass is 32.1. The van der Waals surface area contributed by atoms with Crippen molar-refractivity contribution in [1.82, 2.24) is 25.2 Å². The Hall–Kier alpha value is -2.10. The number of alkyl halides is 3. The summed E-state index contributed by atoms with van der Waals surface area (Å²) in [5, 5.41) is 7.79. The number of thiazole rings is 1. The van der Waals surface area contributed by atoms with Gasteiger partial charge in [-0.1, -0.05) is 0 Å². The molecular weight excluding hydrogens is 365 g/mol. The van der Waals surface area contributed by atoms with Gasteiger partial charge in [0.1, 0.15) is 5.82 Å². The summed E-state index contributed by atoms with van der Waals surface area (Å²) < 4.78 is 39.7. The van der Waals surface area contributed by atoms with Gasteiger partial charge in [0.15, 0.2) is 11.7 Å². The number of hydrogen-bond donors (Lipinski definition) is 2. The highest BCUT2D eigenvalue weighted by Gasteiger charge is 2.33. The molecule has 0 aromatic carbocycles.